The van der Waals surface area contributed by atoms with Gasteiger partial charge in [-0.2, -0.15) is 0 Å². The molecule has 2 rings (SSSR count). The van der Waals surface area contributed by atoms with Crippen molar-refractivity contribution in [2.75, 3.05) is 6.61 Å². The van der Waals surface area contributed by atoms with Crippen LogP contribution in [0.25, 0.3) is 0 Å². The van der Waals surface area contributed by atoms with Gasteiger partial charge in [0.2, 0.25) is 0 Å². The lowest BCUT2D eigenvalue weighted by Gasteiger charge is -2.12. The molecule has 6 nitrogen and oxygen atoms in total. The van der Waals surface area contributed by atoms with E-state index in [1.807, 2.05) is 19.1 Å². The number of amides is 2. The Morgan fingerprint density at radius 3 is 2.48 bits per heavy atom. The molecule has 8 heteroatoms. The summed E-state index contributed by atoms with van der Waals surface area (Å²) in [6, 6.07) is 13.9. The highest BCUT2D eigenvalue weighted by Crippen LogP contribution is 2.22. The van der Waals surface area contributed by atoms with Gasteiger partial charge in [0.05, 0.1) is 5.02 Å². The van der Waals surface area contributed by atoms with Crippen molar-refractivity contribution < 1.29 is 14.3 Å². The molecule has 0 aliphatic rings. The Hall–Kier alpha value is -2.64. The number of hydrogen-bond donors (Lipinski definition) is 3. The Kier molecular flexibility index (Phi) is 6.73. The van der Waals surface area contributed by atoms with Crippen molar-refractivity contribution in [1.29, 1.82) is 0 Å². The van der Waals surface area contributed by atoms with Crippen molar-refractivity contribution in [2.45, 2.75) is 6.92 Å². The standard InChI is InChI=1S/C17H16ClN3O3S/c1-11-6-2-3-7-12(11)16(23)20-21-17(25)19-15(22)10-24-14-9-5-4-8-13(14)18/h2-9H,10H2,1H3,(H,20,23)(H2,19,21,22,25). The fourth-order valence-electron chi connectivity index (χ4n) is 1.91. The zero-order valence-corrected chi connectivity index (χ0v) is 14.9. The molecule has 25 heavy (non-hydrogen) atoms. The lowest BCUT2D eigenvalue weighted by molar-refractivity contribution is -0.121. The van der Waals surface area contributed by atoms with E-state index in [-0.39, 0.29) is 17.6 Å². The molecule has 0 aliphatic carbocycles. The summed E-state index contributed by atoms with van der Waals surface area (Å²) >= 11 is 10.9. The van der Waals surface area contributed by atoms with Crippen LogP contribution in [0, 0.1) is 6.92 Å². The Morgan fingerprint density at radius 1 is 1.08 bits per heavy atom. The van der Waals surface area contributed by atoms with Gasteiger partial charge in [-0.25, -0.2) is 0 Å². The van der Waals surface area contributed by atoms with Crippen molar-refractivity contribution in [3.63, 3.8) is 0 Å². The van der Waals surface area contributed by atoms with Crippen LogP contribution in [0.1, 0.15) is 15.9 Å². The molecule has 0 aliphatic heterocycles. The fourth-order valence-corrected chi connectivity index (χ4v) is 2.26. The molecule has 0 bridgehead atoms. The van der Waals surface area contributed by atoms with Gasteiger partial charge < -0.3 is 4.74 Å². The van der Waals surface area contributed by atoms with Gasteiger partial charge in [-0.15, -0.1) is 0 Å². The number of rotatable bonds is 4. The van der Waals surface area contributed by atoms with Crippen molar-refractivity contribution in [3.8, 4) is 5.75 Å². The summed E-state index contributed by atoms with van der Waals surface area (Å²) in [6.07, 6.45) is 0. The summed E-state index contributed by atoms with van der Waals surface area (Å²) < 4.78 is 5.29. The maximum atomic E-state index is 12.0. The van der Waals surface area contributed by atoms with Crippen LogP contribution >= 0.6 is 23.8 Å². The van der Waals surface area contributed by atoms with Crippen molar-refractivity contribution in [1.82, 2.24) is 16.2 Å². The van der Waals surface area contributed by atoms with Gasteiger partial charge in [0, 0.05) is 5.56 Å². The van der Waals surface area contributed by atoms with Crippen LogP contribution in [0.5, 0.6) is 5.75 Å². The van der Waals surface area contributed by atoms with Gasteiger partial charge in [0.15, 0.2) is 11.7 Å². The van der Waals surface area contributed by atoms with Crippen molar-refractivity contribution in [2.24, 2.45) is 0 Å². The van der Waals surface area contributed by atoms with E-state index in [0.717, 1.165) is 5.56 Å². The molecule has 0 spiro atoms. The highest BCUT2D eigenvalue weighted by Gasteiger charge is 2.10. The Balaban J connectivity index is 1.76. The van der Waals surface area contributed by atoms with Gasteiger partial charge in [0.25, 0.3) is 11.8 Å². The maximum Gasteiger partial charge on any atom is 0.269 e. The monoisotopic (exact) mass is 377 g/mol. The van der Waals surface area contributed by atoms with E-state index in [1.54, 1.807) is 36.4 Å². The quantitative estimate of drug-likeness (QED) is 0.563. The smallest absolute Gasteiger partial charge is 0.269 e. The van der Waals surface area contributed by atoms with Crippen LogP contribution in [-0.4, -0.2) is 23.5 Å². The van der Waals surface area contributed by atoms with E-state index in [9.17, 15) is 9.59 Å². The van der Waals surface area contributed by atoms with Crippen molar-refractivity contribution in [3.05, 3.63) is 64.7 Å². The third-order valence-corrected chi connectivity index (χ3v) is 3.64. The lowest BCUT2D eigenvalue weighted by Crippen LogP contribution is -2.49. The van der Waals surface area contributed by atoms with E-state index >= 15 is 0 Å². The minimum absolute atomic E-state index is 0.0466. The number of para-hydroxylation sites is 1. The number of hydrazine groups is 1. The highest BCUT2D eigenvalue weighted by molar-refractivity contribution is 7.80. The molecule has 0 unspecified atom stereocenters. The molecule has 3 N–H and O–H groups in total. The Labute approximate surface area is 155 Å². The van der Waals surface area contributed by atoms with Gasteiger partial charge in [-0.3, -0.25) is 25.8 Å². The fraction of sp³-hybridized carbons (Fsp3) is 0.118. The summed E-state index contributed by atoms with van der Waals surface area (Å²) in [4.78, 5) is 23.8. The summed E-state index contributed by atoms with van der Waals surface area (Å²) in [5.74, 6) is -0.448. The maximum absolute atomic E-state index is 12.0. The van der Waals surface area contributed by atoms with E-state index in [0.29, 0.717) is 16.3 Å². The molecule has 0 saturated carbocycles. The topological polar surface area (TPSA) is 79.5 Å². The number of halogens is 1. The molecule has 0 heterocycles. The third kappa shape index (κ3) is 5.74. The minimum atomic E-state index is -0.484. The molecule has 0 aromatic heterocycles. The number of carbonyl (C=O) groups excluding carboxylic acids is 2. The SMILES string of the molecule is Cc1ccccc1C(=O)NNC(=S)NC(=O)COc1ccccc1Cl. The van der Waals surface area contributed by atoms with Crippen LogP contribution in [0.3, 0.4) is 0 Å². The van der Waals surface area contributed by atoms with Gasteiger partial charge in [0.1, 0.15) is 5.75 Å². The zero-order chi connectivity index (χ0) is 18.2. The second-order valence-electron chi connectivity index (χ2n) is 4.99. The normalized spacial score (nSPS) is 9.84. The average Bonchev–Trinajstić information content (AvgIpc) is 2.59. The molecule has 2 aromatic carbocycles. The number of ether oxygens (including phenoxy) is 1. The first-order valence-corrected chi connectivity index (χ1v) is 8.09. The summed E-state index contributed by atoms with van der Waals surface area (Å²) in [5.41, 5.74) is 6.22. The summed E-state index contributed by atoms with van der Waals surface area (Å²) in [7, 11) is 0. The first-order valence-electron chi connectivity index (χ1n) is 7.30. The summed E-state index contributed by atoms with van der Waals surface area (Å²) in [5, 5.41) is 2.75. The Bertz CT molecular complexity index is 798. The van der Waals surface area contributed by atoms with Gasteiger partial charge in [-0.1, -0.05) is 41.9 Å². The number of thiocarbonyl (C=S) groups is 1. The molecule has 2 aromatic rings. The largest absolute Gasteiger partial charge is 0.482 e. The van der Waals surface area contributed by atoms with E-state index in [4.69, 9.17) is 28.6 Å². The molecule has 0 radical (unpaired) electrons. The van der Waals surface area contributed by atoms with Crippen LogP contribution in [0.2, 0.25) is 5.02 Å². The van der Waals surface area contributed by atoms with Crippen LogP contribution < -0.4 is 20.9 Å². The van der Waals surface area contributed by atoms with E-state index < -0.39 is 5.91 Å². The highest BCUT2D eigenvalue weighted by atomic mass is 35.5. The molecule has 0 fully saturated rings. The Morgan fingerprint density at radius 2 is 1.76 bits per heavy atom. The molecule has 130 valence electrons. The number of carbonyl (C=O) groups is 2. The van der Waals surface area contributed by atoms with Gasteiger partial charge in [-0.05, 0) is 42.9 Å². The molecule has 0 saturated heterocycles. The first-order chi connectivity index (χ1) is 12.0. The van der Waals surface area contributed by atoms with Crippen LogP contribution in [-0.2, 0) is 4.79 Å². The molecule has 0 atom stereocenters. The van der Waals surface area contributed by atoms with Crippen LogP contribution in [0.4, 0.5) is 0 Å². The molecular formula is C17H16ClN3O3S. The van der Waals surface area contributed by atoms with Gasteiger partial charge >= 0.3 is 0 Å². The minimum Gasteiger partial charge on any atom is -0.482 e. The van der Waals surface area contributed by atoms with E-state index in [2.05, 4.69) is 16.2 Å². The van der Waals surface area contributed by atoms with Crippen LogP contribution in [0.15, 0.2) is 48.5 Å². The first kappa shape index (κ1) is 18.7. The predicted molar refractivity (Wildman–Crippen MR) is 99.5 cm³/mol. The number of hydrogen-bond acceptors (Lipinski definition) is 4. The average molecular weight is 378 g/mol. The summed E-state index contributed by atoms with van der Waals surface area (Å²) in [6.45, 7) is 1.55. The number of nitrogens with one attached hydrogen (secondary N) is 3. The lowest BCUT2D eigenvalue weighted by atomic mass is 10.1. The molecular weight excluding hydrogens is 362 g/mol. The second kappa shape index (κ2) is 9.00. The van der Waals surface area contributed by atoms with E-state index in [1.165, 1.54) is 0 Å². The zero-order valence-electron chi connectivity index (χ0n) is 13.3. The third-order valence-electron chi connectivity index (χ3n) is 3.13. The molecule has 2 amide bonds. The number of benzene rings is 2. The predicted octanol–water partition coefficient (Wildman–Crippen LogP) is 2.36. The van der Waals surface area contributed by atoms with Crippen molar-refractivity contribution >= 4 is 40.7 Å². The second-order valence-corrected chi connectivity index (χ2v) is 5.81. The number of aryl methyl sites for hydroxylation is 1.